The van der Waals surface area contributed by atoms with E-state index >= 15 is 0 Å². The summed E-state index contributed by atoms with van der Waals surface area (Å²) in [6.45, 7) is 5.49. The number of fused-ring (bicyclic) bond motifs is 1. The highest BCUT2D eigenvalue weighted by atomic mass is 32.2. The van der Waals surface area contributed by atoms with Crippen molar-refractivity contribution < 1.29 is 9.84 Å². The minimum atomic E-state index is -0.650. The lowest BCUT2D eigenvalue weighted by atomic mass is 9.92. The molecule has 1 saturated heterocycles. The van der Waals surface area contributed by atoms with Crippen molar-refractivity contribution in [1.29, 1.82) is 0 Å². The second-order valence-corrected chi connectivity index (χ2v) is 9.24. The SMILES string of the molecule is CC1C(C(O)c2nccs2)=CSC1c1ncnc2cc(N3CCOCC3)ccc12. The molecule has 1 aromatic carbocycles. The predicted octanol–water partition coefficient (Wildman–Crippen LogP) is 3.96. The van der Waals surface area contributed by atoms with Crippen LogP contribution in [0.25, 0.3) is 10.9 Å². The fourth-order valence-corrected chi connectivity index (χ4v) is 5.99. The fraction of sp³-hybridized carbons (Fsp3) is 0.381. The van der Waals surface area contributed by atoms with E-state index in [4.69, 9.17) is 4.74 Å². The van der Waals surface area contributed by atoms with E-state index in [0.717, 1.165) is 53.5 Å². The second-order valence-electron chi connectivity index (χ2n) is 7.30. The largest absolute Gasteiger partial charge is 0.381 e. The molecular formula is C21H22N4O2S2. The van der Waals surface area contributed by atoms with Crippen LogP contribution in [0.5, 0.6) is 0 Å². The van der Waals surface area contributed by atoms with E-state index in [1.165, 1.54) is 17.0 Å². The Morgan fingerprint density at radius 1 is 1.21 bits per heavy atom. The number of thiazole rings is 1. The molecule has 5 rings (SSSR count). The van der Waals surface area contributed by atoms with Crippen molar-refractivity contribution in [2.24, 2.45) is 5.92 Å². The summed E-state index contributed by atoms with van der Waals surface area (Å²) >= 11 is 3.21. The maximum Gasteiger partial charge on any atom is 0.128 e. The molecule has 0 saturated carbocycles. The van der Waals surface area contributed by atoms with Crippen molar-refractivity contribution in [3.05, 3.63) is 57.8 Å². The number of aliphatic hydroxyl groups is 1. The number of aromatic nitrogens is 3. The van der Waals surface area contributed by atoms with Crippen LogP contribution in [0.4, 0.5) is 5.69 Å². The minimum absolute atomic E-state index is 0.152. The summed E-state index contributed by atoms with van der Waals surface area (Å²) in [6.07, 6.45) is 2.74. The number of aliphatic hydroxyl groups excluding tert-OH is 1. The van der Waals surface area contributed by atoms with Crippen molar-refractivity contribution in [3.8, 4) is 0 Å². The van der Waals surface area contributed by atoms with Crippen LogP contribution in [0.1, 0.15) is 29.0 Å². The third-order valence-electron chi connectivity index (χ3n) is 5.63. The summed E-state index contributed by atoms with van der Waals surface area (Å²) in [5.74, 6) is 0.163. The predicted molar refractivity (Wildman–Crippen MR) is 117 cm³/mol. The Kier molecular flexibility index (Phi) is 5.26. The number of thioether (sulfide) groups is 1. The zero-order chi connectivity index (χ0) is 19.8. The molecule has 2 aliphatic rings. The van der Waals surface area contributed by atoms with E-state index in [9.17, 15) is 5.11 Å². The molecule has 2 aromatic heterocycles. The van der Waals surface area contributed by atoms with Crippen molar-refractivity contribution in [1.82, 2.24) is 15.0 Å². The third-order valence-corrected chi connectivity index (χ3v) is 7.79. The first kappa shape index (κ1) is 19.0. The Bertz CT molecular complexity index is 1030. The molecule has 3 unspecified atom stereocenters. The molecule has 2 aliphatic heterocycles. The molecule has 1 fully saturated rings. The Morgan fingerprint density at radius 3 is 2.86 bits per heavy atom. The lowest BCUT2D eigenvalue weighted by Crippen LogP contribution is -2.36. The van der Waals surface area contributed by atoms with Crippen LogP contribution in [0.15, 0.2) is 47.1 Å². The van der Waals surface area contributed by atoms with Crippen molar-refractivity contribution in [3.63, 3.8) is 0 Å². The van der Waals surface area contributed by atoms with E-state index in [2.05, 4.69) is 50.4 Å². The molecule has 0 radical (unpaired) electrons. The highest BCUT2D eigenvalue weighted by molar-refractivity contribution is 8.02. The molecule has 0 spiro atoms. The molecule has 29 heavy (non-hydrogen) atoms. The van der Waals surface area contributed by atoms with Crippen LogP contribution >= 0.6 is 23.1 Å². The molecule has 6 nitrogen and oxygen atoms in total. The first-order valence-corrected chi connectivity index (χ1v) is 11.5. The Hall–Kier alpha value is -2.00. The summed E-state index contributed by atoms with van der Waals surface area (Å²) in [4.78, 5) is 15.8. The molecular weight excluding hydrogens is 404 g/mol. The van der Waals surface area contributed by atoms with Gasteiger partial charge >= 0.3 is 0 Å². The van der Waals surface area contributed by atoms with Crippen LogP contribution in [0, 0.1) is 5.92 Å². The Morgan fingerprint density at radius 2 is 2.07 bits per heavy atom. The van der Waals surface area contributed by atoms with E-state index in [1.807, 2.05) is 5.38 Å². The lowest BCUT2D eigenvalue weighted by Gasteiger charge is -2.29. The molecule has 0 aliphatic carbocycles. The molecule has 3 atom stereocenters. The smallest absolute Gasteiger partial charge is 0.128 e. The van der Waals surface area contributed by atoms with Gasteiger partial charge in [-0.2, -0.15) is 0 Å². The Labute approximate surface area is 177 Å². The van der Waals surface area contributed by atoms with Gasteiger partial charge in [0.2, 0.25) is 0 Å². The summed E-state index contributed by atoms with van der Waals surface area (Å²) in [5, 5.41) is 16.7. The van der Waals surface area contributed by atoms with Gasteiger partial charge in [-0.05, 0) is 35.1 Å². The average Bonchev–Trinajstić information content (AvgIpc) is 3.43. The number of benzene rings is 1. The number of rotatable bonds is 4. The van der Waals surface area contributed by atoms with E-state index < -0.39 is 6.10 Å². The van der Waals surface area contributed by atoms with Crippen LogP contribution in [0.2, 0.25) is 0 Å². The first-order valence-electron chi connectivity index (χ1n) is 9.72. The summed E-state index contributed by atoms with van der Waals surface area (Å²) in [6, 6.07) is 6.44. The van der Waals surface area contributed by atoms with Gasteiger partial charge in [-0.15, -0.1) is 23.1 Å². The maximum absolute atomic E-state index is 10.8. The molecule has 4 heterocycles. The maximum atomic E-state index is 10.8. The second kappa shape index (κ2) is 8.02. The zero-order valence-corrected chi connectivity index (χ0v) is 17.7. The standard InChI is InChI=1S/C21H22N4O2S2/c1-13-16(19(26)21-22-4-9-28-21)11-29-20(13)18-15-3-2-14(10-17(15)23-12-24-18)25-5-7-27-8-6-25/h2-4,9-13,19-20,26H,5-8H2,1H3. The van der Waals surface area contributed by atoms with Gasteiger partial charge in [-0.3, -0.25) is 0 Å². The van der Waals surface area contributed by atoms with Gasteiger partial charge in [0.05, 0.1) is 29.7 Å². The number of hydrogen-bond acceptors (Lipinski definition) is 8. The average molecular weight is 427 g/mol. The van der Waals surface area contributed by atoms with Gasteiger partial charge in [0, 0.05) is 35.7 Å². The monoisotopic (exact) mass is 426 g/mol. The normalized spacial score (nSPS) is 23.4. The van der Waals surface area contributed by atoms with Gasteiger partial charge in [-0.1, -0.05) is 6.92 Å². The Balaban J connectivity index is 1.43. The number of anilines is 1. The van der Waals surface area contributed by atoms with Crippen LogP contribution in [0.3, 0.4) is 0 Å². The van der Waals surface area contributed by atoms with Crippen LogP contribution in [-0.2, 0) is 4.74 Å². The summed E-state index contributed by atoms with van der Waals surface area (Å²) < 4.78 is 5.46. The van der Waals surface area contributed by atoms with Gasteiger partial charge < -0.3 is 14.7 Å². The minimum Gasteiger partial charge on any atom is -0.381 e. The number of ether oxygens (including phenoxy) is 1. The zero-order valence-electron chi connectivity index (χ0n) is 16.1. The van der Waals surface area contributed by atoms with Crippen molar-refractivity contribution in [2.75, 3.05) is 31.2 Å². The molecule has 0 amide bonds. The van der Waals surface area contributed by atoms with Crippen molar-refractivity contribution in [2.45, 2.75) is 18.3 Å². The van der Waals surface area contributed by atoms with E-state index in [-0.39, 0.29) is 11.2 Å². The molecule has 0 bridgehead atoms. The quantitative estimate of drug-likeness (QED) is 0.677. The highest BCUT2D eigenvalue weighted by Crippen LogP contribution is 2.51. The van der Waals surface area contributed by atoms with Gasteiger partial charge in [0.1, 0.15) is 17.4 Å². The summed E-state index contributed by atoms with van der Waals surface area (Å²) in [5.41, 5.74) is 4.17. The van der Waals surface area contributed by atoms with Gasteiger partial charge in [0.15, 0.2) is 0 Å². The molecule has 1 N–H and O–H groups in total. The van der Waals surface area contributed by atoms with Gasteiger partial charge in [-0.25, -0.2) is 15.0 Å². The molecule has 8 heteroatoms. The number of morpholine rings is 1. The van der Waals surface area contributed by atoms with Crippen LogP contribution < -0.4 is 4.90 Å². The van der Waals surface area contributed by atoms with Crippen LogP contribution in [-0.4, -0.2) is 46.4 Å². The van der Waals surface area contributed by atoms with E-state index in [1.54, 1.807) is 24.3 Å². The topological polar surface area (TPSA) is 71.4 Å². The fourth-order valence-electron chi connectivity index (χ4n) is 3.99. The van der Waals surface area contributed by atoms with Crippen molar-refractivity contribution >= 4 is 39.7 Å². The third kappa shape index (κ3) is 3.54. The number of nitrogens with zero attached hydrogens (tertiary/aromatic N) is 4. The van der Waals surface area contributed by atoms with E-state index in [0.29, 0.717) is 0 Å². The first-order chi connectivity index (χ1) is 14.2. The highest BCUT2D eigenvalue weighted by Gasteiger charge is 2.35. The lowest BCUT2D eigenvalue weighted by molar-refractivity contribution is 0.122. The molecule has 3 aromatic rings. The summed E-state index contributed by atoms with van der Waals surface area (Å²) in [7, 11) is 0. The molecule has 150 valence electrons. The van der Waals surface area contributed by atoms with Gasteiger partial charge in [0.25, 0.3) is 0 Å². The number of hydrogen-bond donors (Lipinski definition) is 1.